The second kappa shape index (κ2) is 5.33. The first-order chi connectivity index (χ1) is 8.16. The molecule has 0 aliphatic carbocycles. The normalized spacial score (nSPS) is 22.4. The van der Waals surface area contributed by atoms with E-state index in [9.17, 15) is 4.79 Å². The number of amidine groups is 1. The van der Waals surface area contributed by atoms with Crippen LogP contribution in [0.5, 0.6) is 0 Å². The Morgan fingerprint density at radius 3 is 2.88 bits per heavy atom. The summed E-state index contributed by atoms with van der Waals surface area (Å²) < 4.78 is 0. The van der Waals surface area contributed by atoms with Gasteiger partial charge in [0.2, 0.25) is 5.91 Å². The lowest BCUT2D eigenvalue weighted by atomic mass is 10.2. The molecule has 0 bridgehead atoms. The van der Waals surface area contributed by atoms with Crippen molar-refractivity contribution in [2.24, 2.45) is 10.2 Å². The number of hydrogen-bond acceptors (Lipinski definition) is 4. The zero-order valence-corrected chi connectivity index (χ0v) is 10.6. The lowest BCUT2D eigenvalue weighted by Gasteiger charge is -1.94. The van der Waals surface area contributed by atoms with Crippen LogP contribution >= 0.6 is 23.4 Å². The Kier molecular flexibility index (Phi) is 3.81. The van der Waals surface area contributed by atoms with E-state index in [4.69, 9.17) is 11.6 Å². The van der Waals surface area contributed by atoms with Crippen LogP contribution in [0.15, 0.2) is 34.5 Å². The molecule has 1 saturated heterocycles. The van der Waals surface area contributed by atoms with E-state index < -0.39 is 0 Å². The maximum absolute atomic E-state index is 11.2. The van der Waals surface area contributed by atoms with E-state index in [0.717, 1.165) is 5.56 Å². The first kappa shape index (κ1) is 12.1. The Hall–Kier alpha value is -1.33. The molecular weight excluding hydrogens is 258 g/mol. The summed E-state index contributed by atoms with van der Waals surface area (Å²) in [5, 5.41) is 11.5. The summed E-state index contributed by atoms with van der Waals surface area (Å²) in [5.74, 6) is -0.0401. The highest BCUT2D eigenvalue weighted by molar-refractivity contribution is 8.15. The molecule has 1 atom stereocenters. The summed E-state index contributed by atoms with van der Waals surface area (Å²) in [6.07, 6.45) is 1.56. The minimum absolute atomic E-state index is 0.0401. The minimum atomic E-state index is -0.107. The number of hydrogen-bond donors (Lipinski definition) is 1. The van der Waals surface area contributed by atoms with Gasteiger partial charge in [-0.05, 0) is 13.0 Å². The number of carbonyl (C=O) groups is 1. The number of thioether (sulfide) groups is 1. The van der Waals surface area contributed by atoms with Crippen LogP contribution in [0.3, 0.4) is 0 Å². The molecule has 17 heavy (non-hydrogen) atoms. The molecule has 0 aromatic heterocycles. The van der Waals surface area contributed by atoms with Crippen LogP contribution < -0.4 is 5.32 Å². The Morgan fingerprint density at radius 2 is 2.24 bits per heavy atom. The Morgan fingerprint density at radius 1 is 1.47 bits per heavy atom. The van der Waals surface area contributed by atoms with Crippen LogP contribution in [0.4, 0.5) is 0 Å². The van der Waals surface area contributed by atoms with E-state index in [2.05, 4.69) is 15.5 Å². The summed E-state index contributed by atoms with van der Waals surface area (Å²) >= 11 is 7.31. The van der Waals surface area contributed by atoms with E-state index in [0.29, 0.717) is 10.2 Å². The lowest BCUT2D eigenvalue weighted by Crippen LogP contribution is -2.23. The van der Waals surface area contributed by atoms with E-state index in [-0.39, 0.29) is 11.2 Å². The van der Waals surface area contributed by atoms with Crippen molar-refractivity contribution in [1.29, 1.82) is 0 Å². The van der Waals surface area contributed by atoms with Gasteiger partial charge in [-0.1, -0.05) is 41.6 Å². The monoisotopic (exact) mass is 267 g/mol. The maximum atomic E-state index is 11.2. The summed E-state index contributed by atoms with van der Waals surface area (Å²) in [5.41, 5.74) is 0.792. The second-order valence-corrected chi connectivity index (χ2v) is 5.16. The van der Waals surface area contributed by atoms with Crippen LogP contribution in [0, 0.1) is 0 Å². The molecule has 1 unspecified atom stereocenters. The number of nitrogens with one attached hydrogen (secondary N) is 1. The summed E-state index contributed by atoms with van der Waals surface area (Å²) in [6.45, 7) is 1.82. The average molecular weight is 268 g/mol. The fraction of sp³-hybridized carbons (Fsp3) is 0.182. The standard InChI is InChI=1S/C11H10ClN3OS/c1-7-10(16)14-11(17-7)15-13-6-8-4-2-3-5-9(8)12/h2-7H,1H3,(H,14,15,16). The molecule has 1 amide bonds. The van der Waals surface area contributed by atoms with Crippen LogP contribution in [0.2, 0.25) is 5.02 Å². The molecule has 1 aliphatic heterocycles. The van der Waals surface area contributed by atoms with Crippen molar-refractivity contribution in [3.8, 4) is 0 Å². The third kappa shape index (κ3) is 3.08. The predicted molar refractivity (Wildman–Crippen MR) is 71.7 cm³/mol. The number of nitrogens with zero attached hydrogens (tertiary/aromatic N) is 2. The summed E-state index contributed by atoms with van der Waals surface area (Å²) in [4.78, 5) is 11.2. The molecule has 1 aromatic carbocycles. The van der Waals surface area contributed by atoms with E-state index in [1.807, 2.05) is 25.1 Å². The van der Waals surface area contributed by atoms with Crippen molar-refractivity contribution >= 4 is 40.7 Å². The van der Waals surface area contributed by atoms with Crippen molar-refractivity contribution in [3.63, 3.8) is 0 Å². The molecular formula is C11H10ClN3OS. The zero-order valence-electron chi connectivity index (χ0n) is 9.05. The molecule has 6 heteroatoms. The number of benzene rings is 1. The quantitative estimate of drug-likeness (QED) is 0.660. The molecule has 2 rings (SSSR count). The molecule has 0 radical (unpaired) electrons. The number of halogens is 1. The second-order valence-electron chi connectivity index (χ2n) is 3.42. The SMILES string of the molecule is CC1S/C(=N/N=Cc2ccccc2Cl)NC1=O. The average Bonchev–Trinajstić information content (AvgIpc) is 2.61. The third-order valence-electron chi connectivity index (χ3n) is 2.14. The molecule has 1 aromatic rings. The third-order valence-corrected chi connectivity index (χ3v) is 3.46. The van der Waals surface area contributed by atoms with Gasteiger partial charge in [-0.3, -0.25) is 4.79 Å². The van der Waals surface area contributed by atoms with Gasteiger partial charge in [0, 0.05) is 10.6 Å². The first-order valence-corrected chi connectivity index (χ1v) is 6.25. The number of rotatable bonds is 2. The lowest BCUT2D eigenvalue weighted by molar-refractivity contribution is -0.118. The van der Waals surface area contributed by atoms with Gasteiger partial charge in [0.1, 0.15) is 0 Å². The van der Waals surface area contributed by atoms with Gasteiger partial charge < -0.3 is 5.32 Å². The van der Waals surface area contributed by atoms with Crippen LogP contribution in [0.1, 0.15) is 12.5 Å². The molecule has 1 aliphatic rings. The molecule has 0 saturated carbocycles. The van der Waals surface area contributed by atoms with E-state index >= 15 is 0 Å². The van der Waals surface area contributed by atoms with Gasteiger partial charge in [-0.2, -0.15) is 5.10 Å². The number of carbonyl (C=O) groups excluding carboxylic acids is 1. The van der Waals surface area contributed by atoms with Crippen LogP contribution in [0.25, 0.3) is 0 Å². The van der Waals surface area contributed by atoms with E-state index in [1.54, 1.807) is 12.3 Å². The highest BCUT2D eigenvalue weighted by Gasteiger charge is 2.25. The maximum Gasteiger partial charge on any atom is 0.239 e. The Labute approximate surface area is 108 Å². The van der Waals surface area contributed by atoms with Gasteiger partial charge in [-0.15, -0.1) is 5.10 Å². The van der Waals surface area contributed by atoms with Gasteiger partial charge in [0.05, 0.1) is 11.5 Å². The molecule has 1 N–H and O–H groups in total. The van der Waals surface area contributed by atoms with E-state index in [1.165, 1.54) is 11.8 Å². The molecule has 0 spiro atoms. The van der Waals surface area contributed by atoms with Crippen molar-refractivity contribution < 1.29 is 4.79 Å². The minimum Gasteiger partial charge on any atom is -0.303 e. The molecule has 88 valence electrons. The van der Waals surface area contributed by atoms with Crippen molar-refractivity contribution in [3.05, 3.63) is 34.9 Å². The van der Waals surface area contributed by atoms with Crippen molar-refractivity contribution in [2.45, 2.75) is 12.2 Å². The molecule has 1 heterocycles. The predicted octanol–water partition coefficient (Wildman–Crippen LogP) is 2.28. The summed E-state index contributed by atoms with van der Waals surface area (Å²) in [6, 6.07) is 7.34. The van der Waals surface area contributed by atoms with Crippen molar-refractivity contribution in [2.75, 3.05) is 0 Å². The van der Waals surface area contributed by atoms with Crippen LogP contribution in [-0.2, 0) is 4.79 Å². The molecule has 4 nitrogen and oxygen atoms in total. The van der Waals surface area contributed by atoms with Crippen molar-refractivity contribution in [1.82, 2.24) is 5.32 Å². The van der Waals surface area contributed by atoms with Gasteiger partial charge in [-0.25, -0.2) is 0 Å². The Bertz CT molecular complexity index is 501. The van der Waals surface area contributed by atoms with Crippen LogP contribution in [-0.4, -0.2) is 22.5 Å². The Balaban J connectivity index is 2.06. The zero-order chi connectivity index (χ0) is 12.3. The fourth-order valence-electron chi connectivity index (χ4n) is 1.23. The molecule has 1 fully saturated rings. The summed E-state index contributed by atoms with van der Waals surface area (Å²) in [7, 11) is 0. The largest absolute Gasteiger partial charge is 0.303 e. The highest BCUT2D eigenvalue weighted by Crippen LogP contribution is 2.18. The van der Waals surface area contributed by atoms with Gasteiger partial charge in [0.15, 0.2) is 5.17 Å². The smallest absolute Gasteiger partial charge is 0.239 e. The highest BCUT2D eigenvalue weighted by atomic mass is 35.5. The van der Waals surface area contributed by atoms with Gasteiger partial charge in [0.25, 0.3) is 0 Å². The fourth-order valence-corrected chi connectivity index (χ4v) is 2.17. The van der Waals surface area contributed by atoms with Gasteiger partial charge >= 0.3 is 0 Å². The number of amides is 1. The topological polar surface area (TPSA) is 53.8 Å². The first-order valence-electron chi connectivity index (χ1n) is 5.00.